The Hall–Kier alpha value is -0.940. The van der Waals surface area contributed by atoms with Gasteiger partial charge >= 0.3 is 0 Å². The van der Waals surface area contributed by atoms with Crippen molar-refractivity contribution in [1.29, 1.82) is 0 Å². The second-order valence-electron chi connectivity index (χ2n) is 21.3. The maximum atomic E-state index is 12.0. The van der Waals surface area contributed by atoms with E-state index in [9.17, 15) is 46.0 Å². The summed E-state index contributed by atoms with van der Waals surface area (Å²) in [6, 6.07) is 0. The molecule has 0 radical (unpaired) electrons. The quantitative estimate of drug-likeness (QED) is 0.149. The van der Waals surface area contributed by atoms with Crippen LogP contribution < -0.4 is 0 Å². The van der Waals surface area contributed by atoms with Crippen LogP contribution in [0.2, 0.25) is 0 Å². The van der Waals surface area contributed by atoms with Gasteiger partial charge in [0.1, 0.15) is 61.0 Å². The van der Waals surface area contributed by atoms with Crippen LogP contribution in [-0.4, -0.2) is 175 Å². The van der Waals surface area contributed by atoms with Crippen molar-refractivity contribution in [3.05, 3.63) is 11.6 Å². The van der Waals surface area contributed by atoms with Crippen molar-refractivity contribution in [3.63, 3.8) is 0 Å². The van der Waals surface area contributed by atoms with E-state index in [1.165, 1.54) is 19.4 Å². The van der Waals surface area contributed by atoms with Gasteiger partial charge in [0.2, 0.25) is 0 Å². The molecule has 0 amide bonds. The minimum atomic E-state index is -1.72. The third kappa shape index (κ3) is 7.31. The van der Waals surface area contributed by atoms with Crippen LogP contribution in [0, 0.1) is 40.4 Å². The van der Waals surface area contributed by atoms with Crippen LogP contribution in [0.3, 0.4) is 0 Å². The van der Waals surface area contributed by atoms with Crippen LogP contribution in [0.4, 0.5) is 0 Å². The Morgan fingerprint density at radius 1 is 0.677 bits per heavy atom. The SMILES string of the molecule is C[C@@H]1O[C@@H](O[C@H]2[C@H](O[C@H]3CC[C@@]4(C)C(=CC[C@@H]5[C@@H]4CC[C@]4(C)C6C(C[C@@H]54)O[C@]4(CC[C@@](C)(CO)O4)[C@H]6C)C3)O[C@H](CO)[C@@H](O[C@@H]3O[C@@H](C)[C@H](O)[C@@H](O)[C@H]3O)[C@@H]2O)[C@H](O)[C@H](O)[C@H]1O. The van der Waals surface area contributed by atoms with E-state index in [4.69, 9.17) is 37.9 Å². The summed E-state index contributed by atoms with van der Waals surface area (Å²) in [5.74, 6) is 1.52. The number of ether oxygens (including phenoxy) is 8. The molecule has 17 heteroatoms. The normalized spacial score (nSPS) is 58.7. The van der Waals surface area contributed by atoms with E-state index in [2.05, 4.69) is 26.8 Å². The lowest BCUT2D eigenvalue weighted by Gasteiger charge is -2.58. The van der Waals surface area contributed by atoms with Crippen LogP contribution in [0.25, 0.3) is 0 Å². The van der Waals surface area contributed by atoms with E-state index in [0.29, 0.717) is 36.5 Å². The molecule has 17 nitrogen and oxygen atoms in total. The van der Waals surface area contributed by atoms with Crippen LogP contribution in [0.1, 0.15) is 99.3 Å². The van der Waals surface area contributed by atoms with Gasteiger partial charge in [-0.05, 0) is 107 Å². The highest BCUT2D eigenvalue weighted by atomic mass is 16.8. The minimum absolute atomic E-state index is 0.0118. The van der Waals surface area contributed by atoms with E-state index in [0.717, 1.165) is 44.9 Å². The summed E-state index contributed by atoms with van der Waals surface area (Å²) in [6.45, 7) is 11.5. The maximum Gasteiger partial charge on any atom is 0.187 e. The van der Waals surface area contributed by atoms with Crippen molar-refractivity contribution in [2.24, 2.45) is 40.4 Å². The number of aliphatic hydroxyl groups is 9. The summed E-state index contributed by atoms with van der Waals surface area (Å²) in [7, 11) is 0. The molecule has 9 rings (SSSR count). The van der Waals surface area contributed by atoms with Gasteiger partial charge in [-0.2, -0.15) is 0 Å². The number of aliphatic hydroxyl groups excluding tert-OH is 9. The van der Waals surface area contributed by atoms with E-state index >= 15 is 0 Å². The van der Waals surface area contributed by atoms with Gasteiger partial charge < -0.3 is 83.9 Å². The fourth-order valence-corrected chi connectivity index (χ4v) is 14.1. The minimum Gasteiger partial charge on any atom is -0.394 e. The summed E-state index contributed by atoms with van der Waals surface area (Å²) >= 11 is 0. The number of hydrogen-bond donors (Lipinski definition) is 9. The predicted octanol–water partition coefficient (Wildman–Crippen LogP) is 0.357. The second kappa shape index (κ2) is 16.7. The molecule has 9 aliphatic rings. The molecule has 3 saturated carbocycles. The van der Waals surface area contributed by atoms with Gasteiger partial charge in [0, 0.05) is 12.3 Å². The first-order chi connectivity index (χ1) is 29.3. The molecule has 0 aromatic rings. The molecule has 62 heavy (non-hydrogen) atoms. The van der Waals surface area contributed by atoms with Crippen LogP contribution in [0.15, 0.2) is 11.6 Å². The number of hydrogen-bond acceptors (Lipinski definition) is 17. The average molecular weight is 885 g/mol. The molecular weight excluding hydrogens is 812 g/mol. The van der Waals surface area contributed by atoms with Crippen LogP contribution in [0.5, 0.6) is 0 Å². The molecule has 26 atom stereocenters. The Bertz CT molecular complexity index is 1650. The van der Waals surface area contributed by atoms with Crippen molar-refractivity contribution in [2.75, 3.05) is 13.2 Å². The summed E-state index contributed by atoms with van der Waals surface area (Å²) in [4.78, 5) is 0. The van der Waals surface area contributed by atoms with Gasteiger partial charge in [0.05, 0.1) is 43.2 Å². The molecule has 1 spiro atoms. The van der Waals surface area contributed by atoms with E-state index in [-0.39, 0.29) is 35.6 Å². The first-order valence-electron chi connectivity index (χ1n) is 23.3. The third-order valence-corrected chi connectivity index (χ3v) is 17.8. The zero-order valence-electron chi connectivity index (χ0n) is 36.8. The van der Waals surface area contributed by atoms with Gasteiger partial charge in [0.25, 0.3) is 0 Å². The highest BCUT2D eigenvalue weighted by Gasteiger charge is 2.70. The van der Waals surface area contributed by atoms with Crippen molar-refractivity contribution in [2.45, 2.75) is 215 Å². The first kappa shape index (κ1) is 46.2. The van der Waals surface area contributed by atoms with Crippen molar-refractivity contribution in [1.82, 2.24) is 0 Å². The Balaban J connectivity index is 0.916. The molecule has 2 unspecified atom stereocenters. The predicted molar refractivity (Wildman–Crippen MR) is 214 cm³/mol. The van der Waals surface area contributed by atoms with E-state index in [1.54, 1.807) is 0 Å². The molecule has 0 aromatic heterocycles. The van der Waals surface area contributed by atoms with E-state index < -0.39 is 110 Å². The summed E-state index contributed by atoms with van der Waals surface area (Å²) in [5, 5.41) is 96.0. The van der Waals surface area contributed by atoms with Gasteiger partial charge in [-0.3, -0.25) is 0 Å². The Morgan fingerprint density at radius 2 is 1.32 bits per heavy atom. The first-order valence-corrected chi connectivity index (χ1v) is 23.3. The molecule has 5 aliphatic heterocycles. The molecule has 5 saturated heterocycles. The fourth-order valence-electron chi connectivity index (χ4n) is 14.1. The number of fused-ring (bicyclic) bond motifs is 7. The van der Waals surface area contributed by atoms with Crippen LogP contribution >= 0.6 is 0 Å². The molecule has 9 N–H and O–H groups in total. The molecule has 0 aromatic carbocycles. The lowest BCUT2D eigenvalue weighted by Crippen LogP contribution is -2.66. The Labute approximate surface area is 363 Å². The Morgan fingerprint density at radius 3 is 1.94 bits per heavy atom. The second-order valence-corrected chi connectivity index (χ2v) is 21.3. The molecule has 354 valence electrons. The van der Waals surface area contributed by atoms with Gasteiger partial charge in [0.15, 0.2) is 24.7 Å². The molecule has 5 heterocycles. The summed E-state index contributed by atoms with van der Waals surface area (Å²) < 4.78 is 50.1. The highest BCUT2D eigenvalue weighted by molar-refractivity contribution is 5.26. The molecule has 8 fully saturated rings. The molecule has 4 aliphatic carbocycles. The van der Waals surface area contributed by atoms with Gasteiger partial charge in [-0.25, -0.2) is 0 Å². The smallest absolute Gasteiger partial charge is 0.187 e. The highest BCUT2D eigenvalue weighted by Crippen LogP contribution is 2.71. The fraction of sp³-hybridized carbons (Fsp3) is 0.956. The van der Waals surface area contributed by atoms with E-state index in [1.807, 2.05) is 6.92 Å². The molecule has 0 bridgehead atoms. The maximum absolute atomic E-state index is 12.0. The standard InChI is InChI=1S/C45H72O17/c1-19-29-27(61-45(19)14-13-42(4,18-47)62-45)16-26-24-8-7-22-15-23(9-11-43(22,5)25(24)10-12-44(26,29)6)57-41-38(60-40-35(53)33(51)31(49)21(3)56-40)36(54)37(28(17-46)58-41)59-39-34(52)32(50)30(48)20(2)55-39/h7,19-21,23-41,46-54H,8-18H2,1-6H3/t19-,20-,21-,23-,24+,25-,26-,27?,28+,29?,30-,31-,32+,33+,34+,35+,36-,37+,38+,39-,40-,41+,42-,43-,44-,45-/m0/s1. The van der Waals surface area contributed by atoms with Gasteiger partial charge in [-0.1, -0.05) is 32.4 Å². The zero-order chi connectivity index (χ0) is 44.4. The topological polar surface area (TPSA) is 256 Å². The summed E-state index contributed by atoms with van der Waals surface area (Å²) in [5.41, 5.74) is 0.835. The average Bonchev–Trinajstić information content (AvgIpc) is 3.85. The van der Waals surface area contributed by atoms with Gasteiger partial charge in [-0.15, -0.1) is 0 Å². The summed E-state index contributed by atoms with van der Waals surface area (Å²) in [6.07, 6.45) is -11.5. The lowest BCUT2D eigenvalue weighted by molar-refractivity contribution is -0.388. The zero-order valence-corrected chi connectivity index (χ0v) is 36.8. The largest absolute Gasteiger partial charge is 0.394 e. The van der Waals surface area contributed by atoms with Crippen molar-refractivity contribution < 1.29 is 83.9 Å². The number of rotatable bonds is 8. The lowest BCUT2D eigenvalue weighted by atomic mass is 9.47. The Kier molecular flexibility index (Phi) is 12.4. The molecular formula is C45H72O17. The van der Waals surface area contributed by atoms with Crippen molar-refractivity contribution >= 4 is 0 Å². The van der Waals surface area contributed by atoms with Crippen molar-refractivity contribution in [3.8, 4) is 0 Å². The monoisotopic (exact) mass is 884 g/mol. The van der Waals surface area contributed by atoms with Crippen LogP contribution in [-0.2, 0) is 37.9 Å². The third-order valence-electron chi connectivity index (χ3n) is 17.8. The number of allylic oxidation sites excluding steroid dienone is 1.